The molecule has 266 valence electrons. The van der Waals surface area contributed by atoms with Gasteiger partial charge in [0.05, 0.1) is 6.04 Å². The highest BCUT2D eigenvalue weighted by atomic mass is 35.5. The standard InChI is InChI=1S/C37H52ClN5O3.2ClH/c1-3-41(4-2)37(46)34(24-28-10-6-5-7-11-28)42-20-22-43(23-21-42)36(45)32(19-16-27-14-17-30(38)18-15-27)40-35(44)25-33-31-13-9-8-12-29(31)26-39-33;;/h8-9,12-15,17-18,28,32-34,39H,3-7,10-11,16,19-26H2,1-2H3,(H,40,44);2*1H. The van der Waals surface area contributed by atoms with Crippen LogP contribution in [0.1, 0.15) is 87.9 Å². The van der Waals surface area contributed by atoms with Crippen molar-refractivity contribution in [2.24, 2.45) is 5.92 Å². The average Bonchev–Trinajstić information content (AvgIpc) is 3.49. The SMILES string of the molecule is CCN(CC)C(=O)C(CC1CCCCC1)N1CCN(C(=O)C(CCc2ccc(Cl)cc2)NC(=O)CC2NCc3ccccc32)CC1.Cl.Cl. The van der Waals surface area contributed by atoms with E-state index >= 15 is 0 Å². The van der Waals surface area contributed by atoms with E-state index in [4.69, 9.17) is 11.6 Å². The quantitative estimate of drug-likeness (QED) is 0.258. The summed E-state index contributed by atoms with van der Waals surface area (Å²) in [5, 5.41) is 7.24. The molecule has 1 saturated carbocycles. The normalized spacial score (nSPS) is 19.3. The van der Waals surface area contributed by atoms with E-state index in [2.05, 4.69) is 41.5 Å². The lowest BCUT2D eigenvalue weighted by Crippen LogP contribution is -2.59. The van der Waals surface area contributed by atoms with Gasteiger partial charge in [0.2, 0.25) is 17.7 Å². The van der Waals surface area contributed by atoms with E-state index in [0.29, 0.717) is 63.1 Å². The van der Waals surface area contributed by atoms with Crippen LogP contribution in [0.15, 0.2) is 48.5 Å². The molecule has 3 unspecified atom stereocenters. The Bertz CT molecular complexity index is 1310. The minimum absolute atomic E-state index is 0. The fourth-order valence-electron chi connectivity index (χ4n) is 7.58. The Labute approximate surface area is 304 Å². The number of carbonyl (C=O) groups is 3. The Morgan fingerprint density at radius 3 is 2.27 bits per heavy atom. The summed E-state index contributed by atoms with van der Waals surface area (Å²) in [4.78, 5) is 47.4. The molecule has 3 aliphatic rings. The van der Waals surface area contributed by atoms with Crippen LogP contribution in [0.2, 0.25) is 5.02 Å². The zero-order valence-corrected chi connectivity index (χ0v) is 30.9. The predicted octanol–water partition coefficient (Wildman–Crippen LogP) is 6.19. The highest BCUT2D eigenvalue weighted by molar-refractivity contribution is 6.30. The molecule has 2 fully saturated rings. The molecule has 3 atom stereocenters. The third-order valence-corrected chi connectivity index (χ3v) is 10.6. The third-order valence-electron chi connectivity index (χ3n) is 10.3. The molecular weight excluding hydrogens is 669 g/mol. The molecule has 2 aromatic rings. The number of hydrogen-bond donors (Lipinski definition) is 2. The van der Waals surface area contributed by atoms with Gasteiger partial charge in [-0.05, 0) is 67.9 Å². The second-order valence-electron chi connectivity index (χ2n) is 13.2. The maximum atomic E-state index is 14.1. The van der Waals surface area contributed by atoms with E-state index in [9.17, 15) is 14.4 Å². The molecule has 0 radical (unpaired) electrons. The second-order valence-corrected chi connectivity index (χ2v) is 13.7. The van der Waals surface area contributed by atoms with Crippen LogP contribution in [0.5, 0.6) is 0 Å². The summed E-state index contributed by atoms with van der Waals surface area (Å²) < 4.78 is 0. The fraction of sp³-hybridized carbons (Fsp3) is 0.595. The molecule has 0 bridgehead atoms. The number of aryl methyl sites for hydroxylation is 1. The summed E-state index contributed by atoms with van der Waals surface area (Å²) in [6.07, 6.45) is 8.57. The van der Waals surface area contributed by atoms with E-state index in [1.165, 1.54) is 37.7 Å². The van der Waals surface area contributed by atoms with Crippen molar-refractivity contribution in [1.82, 2.24) is 25.3 Å². The number of hydrogen-bond acceptors (Lipinski definition) is 5. The van der Waals surface area contributed by atoms with Gasteiger partial charge in [-0.25, -0.2) is 0 Å². The maximum absolute atomic E-state index is 14.1. The van der Waals surface area contributed by atoms with Crippen LogP contribution < -0.4 is 10.6 Å². The Morgan fingerprint density at radius 1 is 0.938 bits per heavy atom. The van der Waals surface area contributed by atoms with Crippen molar-refractivity contribution in [3.8, 4) is 0 Å². The van der Waals surface area contributed by atoms with Crippen molar-refractivity contribution in [2.75, 3.05) is 39.3 Å². The van der Waals surface area contributed by atoms with Crippen molar-refractivity contribution in [3.63, 3.8) is 0 Å². The lowest BCUT2D eigenvalue weighted by molar-refractivity contribution is -0.142. The second kappa shape index (κ2) is 19.7. The van der Waals surface area contributed by atoms with Gasteiger partial charge in [0.15, 0.2) is 0 Å². The number of nitrogens with zero attached hydrogens (tertiary/aromatic N) is 3. The number of carbonyl (C=O) groups excluding carboxylic acids is 3. The Hall–Kier alpha value is -2.36. The first kappa shape index (κ1) is 40.1. The van der Waals surface area contributed by atoms with E-state index in [1.807, 2.05) is 46.2 Å². The van der Waals surface area contributed by atoms with Crippen LogP contribution in [0, 0.1) is 5.92 Å². The van der Waals surface area contributed by atoms with Crippen molar-refractivity contribution in [1.29, 1.82) is 0 Å². The molecular formula is C37H54Cl3N5O3. The van der Waals surface area contributed by atoms with Gasteiger partial charge in [0.25, 0.3) is 0 Å². The number of piperazine rings is 1. The van der Waals surface area contributed by atoms with Crippen molar-refractivity contribution >= 4 is 54.1 Å². The highest BCUT2D eigenvalue weighted by Gasteiger charge is 2.36. The van der Waals surface area contributed by atoms with E-state index in [1.54, 1.807) is 0 Å². The summed E-state index contributed by atoms with van der Waals surface area (Å²) in [6, 6.07) is 15.0. The molecule has 3 amide bonds. The lowest BCUT2D eigenvalue weighted by atomic mass is 9.84. The van der Waals surface area contributed by atoms with Gasteiger partial charge in [-0.3, -0.25) is 19.3 Å². The molecule has 2 N–H and O–H groups in total. The largest absolute Gasteiger partial charge is 0.344 e. The minimum atomic E-state index is -0.623. The molecule has 5 rings (SSSR count). The minimum Gasteiger partial charge on any atom is -0.344 e. The van der Waals surface area contributed by atoms with Crippen molar-refractivity contribution < 1.29 is 14.4 Å². The van der Waals surface area contributed by atoms with Crippen LogP contribution in [0.3, 0.4) is 0 Å². The maximum Gasteiger partial charge on any atom is 0.245 e. The van der Waals surface area contributed by atoms with Crippen LogP contribution in [0.25, 0.3) is 0 Å². The molecule has 11 heteroatoms. The highest BCUT2D eigenvalue weighted by Crippen LogP contribution is 2.30. The molecule has 2 aliphatic heterocycles. The summed E-state index contributed by atoms with van der Waals surface area (Å²) in [6.45, 7) is 8.71. The number of fused-ring (bicyclic) bond motifs is 1. The number of benzene rings is 2. The average molecular weight is 723 g/mol. The Kier molecular flexibility index (Phi) is 16.5. The van der Waals surface area contributed by atoms with Gasteiger partial charge in [-0.2, -0.15) is 0 Å². The molecule has 2 aromatic carbocycles. The third kappa shape index (κ3) is 10.6. The van der Waals surface area contributed by atoms with Crippen LogP contribution in [-0.4, -0.2) is 83.8 Å². The monoisotopic (exact) mass is 721 g/mol. The first-order valence-corrected chi connectivity index (χ1v) is 17.9. The van der Waals surface area contributed by atoms with Gasteiger partial charge in [-0.1, -0.05) is 80.1 Å². The van der Waals surface area contributed by atoms with Gasteiger partial charge < -0.3 is 20.4 Å². The van der Waals surface area contributed by atoms with E-state index < -0.39 is 6.04 Å². The smallest absolute Gasteiger partial charge is 0.245 e. The number of rotatable bonds is 13. The van der Waals surface area contributed by atoms with Gasteiger partial charge >= 0.3 is 0 Å². The predicted molar refractivity (Wildman–Crippen MR) is 198 cm³/mol. The Morgan fingerprint density at radius 2 is 1.60 bits per heavy atom. The first-order chi connectivity index (χ1) is 22.4. The Balaban J connectivity index is 0.00000312. The molecule has 0 aromatic heterocycles. The molecule has 2 heterocycles. The summed E-state index contributed by atoms with van der Waals surface area (Å²) >= 11 is 6.10. The topological polar surface area (TPSA) is 85.0 Å². The van der Waals surface area contributed by atoms with Crippen molar-refractivity contribution in [2.45, 2.75) is 96.3 Å². The number of nitrogens with one attached hydrogen (secondary N) is 2. The molecule has 48 heavy (non-hydrogen) atoms. The zero-order chi connectivity index (χ0) is 32.5. The van der Waals surface area contributed by atoms with Crippen LogP contribution in [-0.2, 0) is 27.3 Å². The lowest BCUT2D eigenvalue weighted by Gasteiger charge is -2.42. The summed E-state index contributed by atoms with van der Waals surface area (Å²) in [5.74, 6) is 0.651. The molecule has 1 saturated heterocycles. The zero-order valence-electron chi connectivity index (χ0n) is 28.5. The van der Waals surface area contributed by atoms with Gasteiger partial charge in [0.1, 0.15) is 6.04 Å². The van der Waals surface area contributed by atoms with Gasteiger partial charge in [-0.15, -0.1) is 24.8 Å². The summed E-state index contributed by atoms with van der Waals surface area (Å²) in [7, 11) is 0. The van der Waals surface area contributed by atoms with Crippen LogP contribution >= 0.6 is 36.4 Å². The summed E-state index contributed by atoms with van der Waals surface area (Å²) in [5.41, 5.74) is 3.45. The van der Waals surface area contributed by atoms with Crippen LogP contribution in [0.4, 0.5) is 0 Å². The first-order valence-electron chi connectivity index (χ1n) is 17.5. The number of amides is 3. The van der Waals surface area contributed by atoms with Gasteiger partial charge in [0, 0.05) is 63.3 Å². The molecule has 8 nitrogen and oxygen atoms in total. The van der Waals surface area contributed by atoms with Crippen molar-refractivity contribution in [3.05, 3.63) is 70.2 Å². The van der Waals surface area contributed by atoms with E-state index in [0.717, 1.165) is 24.1 Å². The number of halogens is 3. The number of likely N-dealkylation sites (N-methyl/N-ethyl adjacent to an activating group) is 1. The van der Waals surface area contributed by atoms with E-state index in [-0.39, 0.29) is 61.0 Å². The molecule has 1 aliphatic carbocycles. The fourth-order valence-corrected chi connectivity index (χ4v) is 7.71. The molecule has 0 spiro atoms.